The van der Waals surface area contributed by atoms with Crippen LogP contribution in [0.25, 0.3) is 10.2 Å². The predicted octanol–water partition coefficient (Wildman–Crippen LogP) is 3.36. The Hall–Kier alpha value is -2.93. The Morgan fingerprint density at radius 2 is 1.89 bits per heavy atom. The van der Waals surface area contributed by atoms with Gasteiger partial charge in [0.1, 0.15) is 16.3 Å². The van der Waals surface area contributed by atoms with Gasteiger partial charge < -0.3 is 10.1 Å². The largest absolute Gasteiger partial charge is 0.496 e. The summed E-state index contributed by atoms with van der Waals surface area (Å²) in [6, 6.07) is 14.9. The van der Waals surface area contributed by atoms with Crippen LogP contribution in [0, 0.1) is 0 Å². The second-order valence-corrected chi connectivity index (χ2v) is 7.83. The number of carbonyl (C=O) groups excluding carboxylic acids is 2. The lowest BCUT2D eigenvalue weighted by Gasteiger charge is -2.22. The van der Waals surface area contributed by atoms with Gasteiger partial charge >= 0.3 is 6.03 Å². The van der Waals surface area contributed by atoms with Crippen LogP contribution in [0.4, 0.5) is 4.79 Å². The van der Waals surface area contributed by atoms with Crippen LogP contribution in [-0.4, -0.2) is 34.5 Å². The summed E-state index contributed by atoms with van der Waals surface area (Å²) in [7, 11) is 1.59. The van der Waals surface area contributed by atoms with Gasteiger partial charge in [-0.05, 0) is 30.7 Å². The molecule has 1 fully saturated rings. The van der Waals surface area contributed by atoms with Crippen LogP contribution in [-0.2, 0) is 17.8 Å². The van der Waals surface area contributed by atoms with E-state index >= 15 is 0 Å². The monoisotopic (exact) mass is 381 g/mol. The topological polar surface area (TPSA) is 71.5 Å². The molecule has 1 aromatic heterocycles. The number of ether oxygens (including phenoxy) is 1. The Labute approximate surface area is 160 Å². The van der Waals surface area contributed by atoms with Crippen LogP contribution in [0.15, 0.2) is 48.5 Å². The molecular formula is C20H19N3O3S. The molecule has 2 aromatic carbocycles. The van der Waals surface area contributed by atoms with Crippen molar-refractivity contribution in [1.82, 2.24) is 15.2 Å². The number of rotatable bonds is 5. The number of methoxy groups -OCH3 is 1. The summed E-state index contributed by atoms with van der Waals surface area (Å²) >= 11 is 1.49. The van der Waals surface area contributed by atoms with Crippen molar-refractivity contribution in [2.24, 2.45) is 0 Å². The van der Waals surface area contributed by atoms with Crippen molar-refractivity contribution in [3.05, 3.63) is 59.1 Å². The first-order valence-corrected chi connectivity index (χ1v) is 9.42. The van der Waals surface area contributed by atoms with E-state index in [2.05, 4.69) is 10.3 Å². The highest BCUT2D eigenvalue weighted by Crippen LogP contribution is 2.29. The molecule has 3 aromatic rings. The van der Waals surface area contributed by atoms with E-state index in [-0.39, 0.29) is 12.5 Å². The first-order valence-electron chi connectivity index (χ1n) is 8.60. The molecule has 3 amide bonds. The molecule has 0 aliphatic carbocycles. The number of nitrogens with zero attached hydrogens (tertiary/aromatic N) is 2. The number of thiazole rings is 1. The molecule has 27 heavy (non-hydrogen) atoms. The number of para-hydroxylation sites is 2. The molecule has 1 aliphatic rings. The zero-order chi connectivity index (χ0) is 19.0. The zero-order valence-electron chi connectivity index (χ0n) is 15.1. The van der Waals surface area contributed by atoms with E-state index in [0.29, 0.717) is 12.2 Å². The number of aromatic nitrogens is 1. The number of nitrogens with one attached hydrogen (secondary N) is 1. The van der Waals surface area contributed by atoms with Crippen molar-refractivity contribution in [3.63, 3.8) is 0 Å². The minimum absolute atomic E-state index is 0.172. The van der Waals surface area contributed by atoms with Crippen LogP contribution in [0.2, 0.25) is 0 Å². The molecule has 1 aliphatic heterocycles. The van der Waals surface area contributed by atoms with Gasteiger partial charge in [-0.3, -0.25) is 9.69 Å². The van der Waals surface area contributed by atoms with Gasteiger partial charge in [0, 0.05) is 6.42 Å². The molecule has 0 unspecified atom stereocenters. The Bertz CT molecular complexity index is 999. The quantitative estimate of drug-likeness (QED) is 0.688. The summed E-state index contributed by atoms with van der Waals surface area (Å²) in [4.78, 5) is 31.3. The molecule has 0 radical (unpaired) electrons. The van der Waals surface area contributed by atoms with Crippen LogP contribution >= 0.6 is 11.3 Å². The predicted molar refractivity (Wildman–Crippen MR) is 104 cm³/mol. The first-order chi connectivity index (χ1) is 13.0. The zero-order valence-corrected chi connectivity index (χ0v) is 15.9. The minimum atomic E-state index is -1.01. The maximum atomic E-state index is 13.0. The average Bonchev–Trinajstić information content (AvgIpc) is 3.16. The van der Waals surface area contributed by atoms with Crippen molar-refractivity contribution in [1.29, 1.82) is 0 Å². The number of benzene rings is 2. The SMILES string of the molecule is COc1ccccc1C[C@@]1(C)NC(=O)N(Cc2nc3ccccc3s2)C1=O. The Balaban J connectivity index is 1.57. The number of fused-ring (bicyclic) bond motifs is 1. The van der Waals surface area contributed by atoms with Crippen LogP contribution in [0.5, 0.6) is 5.75 Å². The molecule has 2 heterocycles. The van der Waals surface area contributed by atoms with Gasteiger partial charge in [-0.2, -0.15) is 0 Å². The van der Waals surface area contributed by atoms with E-state index in [0.717, 1.165) is 20.8 Å². The molecule has 1 N–H and O–H groups in total. The van der Waals surface area contributed by atoms with Crippen molar-refractivity contribution in [2.75, 3.05) is 7.11 Å². The van der Waals surface area contributed by atoms with Gasteiger partial charge in [0.25, 0.3) is 5.91 Å². The number of hydrogen-bond donors (Lipinski definition) is 1. The fourth-order valence-electron chi connectivity index (χ4n) is 3.36. The normalized spacial score (nSPS) is 19.6. The molecule has 1 atom stereocenters. The van der Waals surface area contributed by atoms with E-state index in [1.165, 1.54) is 16.2 Å². The second-order valence-electron chi connectivity index (χ2n) is 6.72. The third kappa shape index (κ3) is 3.14. The van der Waals surface area contributed by atoms with E-state index < -0.39 is 11.6 Å². The maximum absolute atomic E-state index is 13.0. The summed E-state index contributed by atoms with van der Waals surface area (Å²) < 4.78 is 6.41. The first kappa shape index (κ1) is 17.5. The van der Waals surface area contributed by atoms with Crippen molar-refractivity contribution in [2.45, 2.75) is 25.4 Å². The lowest BCUT2D eigenvalue weighted by atomic mass is 9.92. The number of amides is 3. The molecule has 6 nitrogen and oxygen atoms in total. The molecule has 7 heteroatoms. The van der Waals surface area contributed by atoms with Gasteiger partial charge in [-0.1, -0.05) is 30.3 Å². The number of urea groups is 1. The number of imide groups is 1. The van der Waals surface area contributed by atoms with Gasteiger partial charge in [0.15, 0.2) is 0 Å². The Kier molecular flexibility index (Phi) is 4.31. The molecule has 4 rings (SSSR count). The molecular weight excluding hydrogens is 362 g/mol. The lowest BCUT2D eigenvalue weighted by molar-refractivity contribution is -0.131. The summed E-state index contributed by atoms with van der Waals surface area (Å²) in [5.41, 5.74) is 0.738. The van der Waals surface area contributed by atoms with Gasteiger partial charge in [0.2, 0.25) is 0 Å². The molecule has 0 spiro atoms. The number of hydrogen-bond acceptors (Lipinski definition) is 5. The number of carbonyl (C=O) groups is 2. The molecule has 138 valence electrons. The summed E-state index contributed by atoms with van der Waals surface area (Å²) in [5, 5.41) is 3.58. The van der Waals surface area contributed by atoms with Gasteiger partial charge in [-0.15, -0.1) is 11.3 Å². The van der Waals surface area contributed by atoms with Crippen LogP contribution in [0.3, 0.4) is 0 Å². The Morgan fingerprint density at radius 3 is 2.67 bits per heavy atom. The maximum Gasteiger partial charge on any atom is 0.325 e. The standard InChI is InChI=1S/C20H19N3O3S/c1-20(11-13-7-3-5-9-15(13)26-2)18(24)23(19(25)22-20)12-17-21-14-8-4-6-10-16(14)27-17/h3-10H,11-12H2,1-2H3,(H,22,25)/t20-/m1/s1. The summed E-state index contributed by atoms with van der Waals surface area (Å²) in [6.45, 7) is 1.92. The fourth-order valence-corrected chi connectivity index (χ4v) is 4.32. The van der Waals surface area contributed by atoms with Crippen LogP contribution < -0.4 is 10.1 Å². The van der Waals surface area contributed by atoms with E-state index in [4.69, 9.17) is 4.74 Å². The average molecular weight is 381 g/mol. The van der Waals surface area contributed by atoms with E-state index in [9.17, 15) is 9.59 Å². The summed E-state index contributed by atoms with van der Waals surface area (Å²) in [6.07, 6.45) is 0.359. The van der Waals surface area contributed by atoms with Crippen molar-refractivity contribution < 1.29 is 14.3 Å². The van der Waals surface area contributed by atoms with Gasteiger partial charge in [-0.25, -0.2) is 9.78 Å². The molecule has 0 bridgehead atoms. The highest BCUT2D eigenvalue weighted by Gasteiger charge is 2.48. The second kappa shape index (κ2) is 6.66. The third-order valence-corrected chi connectivity index (χ3v) is 5.73. The smallest absolute Gasteiger partial charge is 0.325 e. The molecule has 1 saturated heterocycles. The summed E-state index contributed by atoms with van der Waals surface area (Å²) in [5.74, 6) is 0.447. The highest BCUT2D eigenvalue weighted by atomic mass is 32.1. The van der Waals surface area contributed by atoms with E-state index in [1.54, 1.807) is 14.0 Å². The highest BCUT2D eigenvalue weighted by molar-refractivity contribution is 7.18. The minimum Gasteiger partial charge on any atom is -0.496 e. The van der Waals surface area contributed by atoms with Crippen molar-refractivity contribution >= 4 is 33.5 Å². The fraction of sp³-hybridized carbons (Fsp3) is 0.250. The van der Waals surface area contributed by atoms with Crippen molar-refractivity contribution in [3.8, 4) is 5.75 Å². The van der Waals surface area contributed by atoms with Gasteiger partial charge in [0.05, 0.1) is 23.9 Å². The van der Waals surface area contributed by atoms with E-state index in [1.807, 2.05) is 48.5 Å². The molecule has 0 saturated carbocycles. The lowest BCUT2D eigenvalue weighted by Crippen LogP contribution is -2.46. The third-order valence-electron chi connectivity index (χ3n) is 4.71. The Morgan fingerprint density at radius 1 is 1.15 bits per heavy atom. The van der Waals surface area contributed by atoms with Crippen LogP contribution in [0.1, 0.15) is 17.5 Å².